The predicted octanol–water partition coefficient (Wildman–Crippen LogP) is 4.62. The number of carbonyl (C=O) groups is 1. The molecule has 0 saturated heterocycles. The van der Waals surface area contributed by atoms with Gasteiger partial charge in [-0.3, -0.25) is 14.9 Å². The second kappa shape index (κ2) is 7.82. The number of nitrogens with one attached hydrogen (secondary N) is 1. The summed E-state index contributed by atoms with van der Waals surface area (Å²) in [5, 5.41) is 22.8. The van der Waals surface area contributed by atoms with E-state index in [-0.39, 0.29) is 27.0 Å². The number of carbonyl (C=O) groups excluding carboxylic acids is 1. The zero-order valence-corrected chi connectivity index (χ0v) is 15.0. The molecule has 2 aromatic carbocycles. The maximum absolute atomic E-state index is 12.2. The van der Waals surface area contributed by atoms with Gasteiger partial charge in [0, 0.05) is 34.9 Å². The Bertz CT molecular complexity index is 1060. The molecule has 0 fully saturated rings. The number of nitro groups is 1. The Kier molecular flexibility index (Phi) is 5.30. The summed E-state index contributed by atoms with van der Waals surface area (Å²) in [4.78, 5) is 22.5. The lowest BCUT2D eigenvalue weighted by atomic mass is 10.2. The lowest BCUT2D eigenvalue weighted by Gasteiger charge is -2.07. The minimum absolute atomic E-state index is 0.0818. The van der Waals surface area contributed by atoms with E-state index in [2.05, 4.69) is 9.69 Å². The highest BCUT2D eigenvalue weighted by Gasteiger charge is 2.14. The quantitative estimate of drug-likeness (QED) is 0.493. The number of nitrogens with zero attached hydrogens (tertiary/aromatic N) is 3. The van der Waals surface area contributed by atoms with Gasteiger partial charge in [-0.2, -0.15) is 9.64 Å². The Morgan fingerprint density at radius 2 is 2.04 bits per heavy atom. The third-order valence-corrected chi connectivity index (χ3v) is 4.47. The Morgan fingerprint density at radius 3 is 2.70 bits per heavy atom. The number of hydrogen-bond donors (Lipinski definition) is 1. The van der Waals surface area contributed by atoms with Crippen LogP contribution < -0.4 is 10.1 Å². The Labute approximate surface area is 161 Å². The van der Waals surface area contributed by atoms with Gasteiger partial charge in [0.1, 0.15) is 17.4 Å². The first kappa shape index (κ1) is 18.3. The number of aromatic nitrogens is 1. The molecule has 10 heteroatoms. The van der Waals surface area contributed by atoms with Crippen molar-refractivity contribution in [3.8, 4) is 16.9 Å². The van der Waals surface area contributed by atoms with Crippen LogP contribution in [-0.4, -0.2) is 15.2 Å². The minimum atomic E-state index is -0.565. The normalized spacial score (nSPS) is 10.1. The van der Waals surface area contributed by atoms with Gasteiger partial charge < -0.3 is 10.1 Å². The summed E-state index contributed by atoms with van der Waals surface area (Å²) < 4.78 is 9.42. The molecular weight excluding hydrogens is 392 g/mol. The zero-order valence-electron chi connectivity index (χ0n) is 13.4. The Morgan fingerprint density at radius 1 is 1.30 bits per heavy atom. The van der Waals surface area contributed by atoms with Crippen LogP contribution in [0.5, 0.6) is 10.8 Å². The Balaban J connectivity index is 1.70. The van der Waals surface area contributed by atoms with Crippen LogP contribution in [0.4, 0.5) is 11.4 Å². The van der Waals surface area contributed by atoms with Crippen molar-refractivity contribution in [3.05, 3.63) is 74.9 Å². The number of halogens is 1. The number of hydrogen-bond acceptors (Lipinski definition) is 7. The summed E-state index contributed by atoms with van der Waals surface area (Å²) in [7, 11) is 0. The minimum Gasteiger partial charge on any atom is -0.444 e. The molecule has 0 aliphatic heterocycles. The molecule has 134 valence electrons. The maximum atomic E-state index is 12.2. The summed E-state index contributed by atoms with van der Waals surface area (Å²) in [6.07, 6.45) is 0. The smallest absolute Gasteiger partial charge is 0.270 e. The number of nitro benzene ring substituents is 1. The van der Waals surface area contributed by atoms with E-state index in [4.69, 9.17) is 21.6 Å². The molecule has 0 atom stereocenters. The molecule has 8 nitrogen and oxygen atoms in total. The van der Waals surface area contributed by atoms with Crippen molar-refractivity contribution in [1.29, 1.82) is 5.26 Å². The Hall–Kier alpha value is -3.48. The fourth-order valence-corrected chi connectivity index (χ4v) is 3.00. The van der Waals surface area contributed by atoms with E-state index < -0.39 is 10.8 Å². The first-order valence-electron chi connectivity index (χ1n) is 7.37. The van der Waals surface area contributed by atoms with Crippen LogP contribution in [0.15, 0.2) is 48.5 Å². The summed E-state index contributed by atoms with van der Waals surface area (Å²) >= 11 is 6.75. The van der Waals surface area contributed by atoms with Crippen molar-refractivity contribution >= 4 is 40.4 Å². The standard InChI is InChI=1S/C17H9ClN4O4S/c18-15-14(9-19)17(27-21-15)26-13-6-4-11(5-7-13)20-16(23)10-2-1-3-12(8-10)22(24)25/h1-8H,(H,20,23). The lowest BCUT2D eigenvalue weighted by Crippen LogP contribution is -2.11. The summed E-state index contributed by atoms with van der Waals surface area (Å²) in [6.45, 7) is 0. The number of ether oxygens (including phenoxy) is 1. The van der Waals surface area contributed by atoms with E-state index in [9.17, 15) is 14.9 Å². The van der Waals surface area contributed by atoms with Crippen LogP contribution in [-0.2, 0) is 0 Å². The molecule has 3 rings (SSSR count). The van der Waals surface area contributed by atoms with E-state index in [0.29, 0.717) is 11.4 Å². The van der Waals surface area contributed by atoms with Crippen LogP contribution in [0, 0.1) is 21.4 Å². The molecule has 0 bridgehead atoms. The number of benzene rings is 2. The highest BCUT2D eigenvalue weighted by atomic mass is 35.5. The summed E-state index contributed by atoms with van der Waals surface area (Å²) in [5.74, 6) is -0.0476. The molecule has 3 aromatic rings. The first-order chi connectivity index (χ1) is 13.0. The molecule has 1 aromatic heterocycles. The van der Waals surface area contributed by atoms with Gasteiger partial charge in [-0.25, -0.2) is 0 Å². The van der Waals surface area contributed by atoms with Crippen molar-refractivity contribution < 1.29 is 14.5 Å². The van der Waals surface area contributed by atoms with E-state index in [1.165, 1.54) is 24.3 Å². The lowest BCUT2D eigenvalue weighted by molar-refractivity contribution is -0.384. The third kappa shape index (κ3) is 4.20. The fraction of sp³-hybridized carbons (Fsp3) is 0. The number of non-ortho nitro benzene ring substituents is 1. The molecular formula is C17H9ClN4O4S. The molecule has 0 aliphatic rings. The average Bonchev–Trinajstić information content (AvgIpc) is 3.02. The fourth-order valence-electron chi connectivity index (χ4n) is 2.10. The molecule has 0 saturated carbocycles. The van der Waals surface area contributed by atoms with Gasteiger partial charge in [0.15, 0.2) is 5.15 Å². The molecule has 0 radical (unpaired) electrons. The van der Waals surface area contributed by atoms with Crippen LogP contribution in [0.1, 0.15) is 15.9 Å². The van der Waals surface area contributed by atoms with Gasteiger partial charge >= 0.3 is 0 Å². The molecule has 0 unspecified atom stereocenters. The van der Waals surface area contributed by atoms with Crippen LogP contribution in [0.25, 0.3) is 0 Å². The van der Waals surface area contributed by atoms with E-state index >= 15 is 0 Å². The predicted molar refractivity (Wildman–Crippen MR) is 99.4 cm³/mol. The first-order valence-corrected chi connectivity index (χ1v) is 8.52. The number of anilines is 1. The third-order valence-electron chi connectivity index (χ3n) is 3.37. The topological polar surface area (TPSA) is 118 Å². The van der Waals surface area contributed by atoms with Gasteiger partial charge in [0.25, 0.3) is 11.6 Å². The maximum Gasteiger partial charge on any atom is 0.270 e. The second-order valence-corrected chi connectivity index (χ2v) is 6.23. The number of rotatable bonds is 5. The van der Waals surface area contributed by atoms with Crippen molar-refractivity contribution in [2.75, 3.05) is 5.32 Å². The number of nitriles is 1. The van der Waals surface area contributed by atoms with Gasteiger partial charge in [0.05, 0.1) is 4.92 Å². The average molecular weight is 401 g/mol. The van der Waals surface area contributed by atoms with Crippen molar-refractivity contribution in [3.63, 3.8) is 0 Å². The summed E-state index contributed by atoms with van der Waals surface area (Å²) in [6, 6.07) is 13.7. The molecule has 1 heterocycles. The van der Waals surface area contributed by atoms with Gasteiger partial charge in [-0.05, 0) is 30.3 Å². The SMILES string of the molecule is N#Cc1c(Cl)nsc1Oc1ccc(NC(=O)c2cccc([N+](=O)[O-])c2)cc1. The van der Waals surface area contributed by atoms with Crippen LogP contribution in [0.3, 0.4) is 0 Å². The van der Waals surface area contributed by atoms with Crippen LogP contribution in [0.2, 0.25) is 5.15 Å². The van der Waals surface area contributed by atoms with Crippen molar-refractivity contribution in [2.45, 2.75) is 0 Å². The van der Waals surface area contributed by atoms with Crippen molar-refractivity contribution in [2.24, 2.45) is 0 Å². The van der Waals surface area contributed by atoms with E-state index in [0.717, 1.165) is 11.5 Å². The number of amides is 1. The van der Waals surface area contributed by atoms with Gasteiger partial charge in [0.2, 0.25) is 5.06 Å². The highest BCUT2D eigenvalue weighted by Crippen LogP contribution is 2.34. The van der Waals surface area contributed by atoms with E-state index in [1.807, 2.05) is 6.07 Å². The molecule has 1 N–H and O–H groups in total. The molecule has 0 aliphatic carbocycles. The largest absolute Gasteiger partial charge is 0.444 e. The molecule has 0 spiro atoms. The molecule has 27 heavy (non-hydrogen) atoms. The van der Waals surface area contributed by atoms with E-state index in [1.54, 1.807) is 24.3 Å². The summed E-state index contributed by atoms with van der Waals surface area (Å²) in [5.41, 5.74) is 0.636. The van der Waals surface area contributed by atoms with Crippen molar-refractivity contribution in [1.82, 2.24) is 4.37 Å². The molecule has 1 amide bonds. The highest BCUT2D eigenvalue weighted by molar-refractivity contribution is 7.08. The second-order valence-electron chi connectivity index (χ2n) is 5.14. The van der Waals surface area contributed by atoms with Crippen LogP contribution >= 0.6 is 23.1 Å². The van der Waals surface area contributed by atoms with Gasteiger partial charge in [-0.15, -0.1) is 0 Å². The van der Waals surface area contributed by atoms with Gasteiger partial charge in [-0.1, -0.05) is 17.7 Å². The zero-order chi connectivity index (χ0) is 19.4. The monoisotopic (exact) mass is 400 g/mol.